The number of nitrogens with zero attached hydrogens (tertiary/aromatic N) is 1. The predicted molar refractivity (Wildman–Crippen MR) is 146 cm³/mol. The van der Waals surface area contributed by atoms with Gasteiger partial charge in [0, 0.05) is 27.4 Å². The summed E-state index contributed by atoms with van der Waals surface area (Å²) in [5, 5.41) is 1.53. The first kappa shape index (κ1) is 23.5. The first-order valence-corrected chi connectivity index (χ1v) is 13.7. The minimum absolute atomic E-state index is 0.0718. The van der Waals surface area contributed by atoms with Crippen LogP contribution in [-0.4, -0.2) is 19.1 Å². The largest absolute Gasteiger partial charge is 0.314 e. The Hall–Kier alpha value is -2.69. The van der Waals surface area contributed by atoms with Gasteiger partial charge in [0.1, 0.15) is 7.14 Å². The minimum Gasteiger partial charge on any atom is -0.314 e. The van der Waals surface area contributed by atoms with Crippen molar-refractivity contribution in [3.63, 3.8) is 0 Å². The van der Waals surface area contributed by atoms with Gasteiger partial charge in [-0.3, -0.25) is 4.79 Å². The lowest BCUT2D eigenvalue weighted by atomic mass is 9.99. The van der Waals surface area contributed by atoms with Gasteiger partial charge in [0.15, 0.2) is 0 Å². The monoisotopic (exact) mass is 565 g/mol. The van der Waals surface area contributed by atoms with Crippen molar-refractivity contribution in [2.45, 2.75) is 5.92 Å². The van der Waals surface area contributed by atoms with Crippen molar-refractivity contribution in [1.29, 1.82) is 0 Å². The molecule has 1 amide bonds. The van der Waals surface area contributed by atoms with E-state index in [0.717, 1.165) is 25.4 Å². The highest BCUT2D eigenvalue weighted by molar-refractivity contribution is 14.1. The molecule has 4 aromatic rings. The number of likely N-dealkylation sites (N-methyl/N-ethyl adjacent to an activating group) is 1. The number of para-hydroxylation sites is 1. The first-order chi connectivity index (χ1) is 16.0. The Kier molecular flexibility index (Phi) is 7.46. The number of hydrogen-bond donors (Lipinski definition) is 0. The van der Waals surface area contributed by atoms with Crippen LogP contribution in [0.1, 0.15) is 11.5 Å². The Bertz CT molecular complexity index is 1220. The Morgan fingerprint density at radius 2 is 1.21 bits per heavy atom. The maximum Gasteiger partial charge on any atom is 0.234 e. The van der Waals surface area contributed by atoms with Gasteiger partial charge in [0.25, 0.3) is 0 Å². The Labute approximate surface area is 209 Å². The van der Waals surface area contributed by atoms with Gasteiger partial charge in [0.2, 0.25) is 5.91 Å². The van der Waals surface area contributed by atoms with Crippen LogP contribution < -0.4 is 15.5 Å². The Balaban J connectivity index is 1.81. The van der Waals surface area contributed by atoms with Gasteiger partial charge in [-0.15, -0.1) is 0 Å². The second-order valence-electron chi connectivity index (χ2n) is 7.91. The summed E-state index contributed by atoms with van der Waals surface area (Å²) < 4.78 is 15.8. The van der Waals surface area contributed by atoms with Crippen molar-refractivity contribution >= 4 is 51.9 Å². The highest BCUT2D eigenvalue weighted by atomic mass is 127. The highest BCUT2D eigenvalue weighted by Crippen LogP contribution is 2.47. The van der Waals surface area contributed by atoms with Crippen LogP contribution in [0.4, 0.5) is 5.69 Å². The number of rotatable bonds is 7. The molecule has 1 unspecified atom stereocenters. The SMILES string of the molecule is CN(C(=O)C(CP(=O)(c1ccccc1)c1ccccc1)c1ccccc1)c1ccccc1I. The summed E-state index contributed by atoms with van der Waals surface area (Å²) in [5.41, 5.74) is 1.71. The zero-order chi connectivity index (χ0) is 23.3. The van der Waals surface area contributed by atoms with Crippen molar-refractivity contribution in [1.82, 2.24) is 0 Å². The lowest BCUT2D eigenvalue weighted by Gasteiger charge is -2.29. The van der Waals surface area contributed by atoms with Crippen molar-refractivity contribution in [2.24, 2.45) is 0 Å². The molecule has 0 aliphatic carbocycles. The molecule has 4 aromatic carbocycles. The molecule has 0 saturated heterocycles. The maximum atomic E-state index is 14.8. The molecule has 3 nitrogen and oxygen atoms in total. The number of carbonyl (C=O) groups is 1. The predicted octanol–water partition coefficient (Wildman–Crippen LogP) is 6.05. The Morgan fingerprint density at radius 1 is 0.758 bits per heavy atom. The molecule has 4 rings (SSSR count). The molecule has 0 heterocycles. The molecular weight excluding hydrogens is 540 g/mol. The molecule has 0 radical (unpaired) electrons. The average molecular weight is 565 g/mol. The molecule has 33 heavy (non-hydrogen) atoms. The minimum atomic E-state index is -3.09. The van der Waals surface area contributed by atoms with Crippen LogP contribution in [0.3, 0.4) is 0 Å². The van der Waals surface area contributed by atoms with E-state index in [1.165, 1.54) is 0 Å². The quantitative estimate of drug-likeness (QED) is 0.202. The van der Waals surface area contributed by atoms with E-state index in [4.69, 9.17) is 0 Å². The Morgan fingerprint density at radius 3 is 1.73 bits per heavy atom. The fraction of sp³-hybridized carbons (Fsp3) is 0.107. The second-order valence-corrected chi connectivity index (χ2v) is 11.9. The maximum absolute atomic E-state index is 14.8. The van der Waals surface area contributed by atoms with E-state index in [1.807, 2.05) is 115 Å². The molecule has 0 aromatic heterocycles. The molecule has 0 fully saturated rings. The van der Waals surface area contributed by atoms with Crippen LogP contribution in [-0.2, 0) is 9.36 Å². The van der Waals surface area contributed by atoms with Gasteiger partial charge in [-0.2, -0.15) is 0 Å². The van der Waals surface area contributed by atoms with E-state index in [2.05, 4.69) is 22.6 Å². The normalized spacial score (nSPS) is 12.2. The van der Waals surface area contributed by atoms with Gasteiger partial charge >= 0.3 is 0 Å². The molecule has 0 bridgehead atoms. The fourth-order valence-corrected chi connectivity index (χ4v) is 7.70. The molecule has 0 aliphatic heterocycles. The first-order valence-electron chi connectivity index (χ1n) is 10.8. The van der Waals surface area contributed by atoms with Crippen molar-refractivity contribution in [3.05, 3.63) is 124 Å². The smallest absolute Gasteiger partial charge is 0.234 e. The van der Waals surface area contributed by atoms with Crippen molar-refractivity contribution in [2.75, 3.05) is 18.1 Å². The molecule has 5 heteroatoms. The van der Waals surface area contributed by atoms with Crippen LogP contribution >= 0.6 is 29.7 Å². The summed E-state index contributed by atoms with van der Waals surface area (Å²) in [4.78, 5) is 15.6. The zero-order valence-corrected chi connectivity index (χ0v) is 21.4. The van der Waals surface area contributed by atoms with Gasteiger partial charge < -0.3 is 9.46 Å². The summed E-state index contributed by atoms with van der Waals surface area (Å²) >= 11 is 2.25. The average Bonchev–Trinajstić information content (AvgIpc) is 2.88. The van der Waals surface area contributed by atoms with E-state index in [-0.39, 0.29) is 12.1 Å². The van der Waals surface area contributed by atoms with Crippen LogP contribution in [0.5, 0.6) is 0 Å². The number of anilines is 1. The van der Waals surface area contributed by atoms with Crippen LogP contribution in [0.25, 0.3) is 0 Å². The third kappa shape index (κ3) is 5.13. The van der Waals surface area contributed by atoms with Gasteiger partial charge in [0.05, 0.1) is 11.6 Å². The highest BCUT2D eigenvalue weighted by Gasteiger charge is 2.36. The lowest BCUT2D eigenvalue weighted by Crippen LogP contribution is -2.35. The molecule has 166 valence electrons. The fourth-order valence-electron chi connectivity index (χ4n) is 4.04. The summed E-state index contributed by atoms with van der Waals surface area (Å²) in [6.07, 6.45) is 0.220. The van der Waals surface area contributed by atoms with Crippen LogP contribution in [0, 0.1) is 3.57 Å². The number of hydrogen-bond acceptors (Lipinski definition) is 2. The second kappa shape index (κ2) is 10.5. The number of amides is 1. The van der Waals surface area contributed by atoms with Crippen molar-refractivity contribution < 1.29 is 9.36 Å². The van der Waals surface area contributed by atoms with Crippen LogP contribution in [0.2, 0.25) is 0 Å². The third-order valence-corrected chi connectivity index (χ3v) is 9.89. The van der Waals surface area contributed by atoms with E-state index >= 15 is 0 Å². The molecule has 0 aliphatic rings. The number of halogens is 1. The third-order valence-electron chi connectivity index (χ3n) is 5.83. The zero-order valence-electron chi connectivity index (χ0n) is 18.3. The molecule has 1 atom stereocenters. The number of carbonyl (C=O) groups excluding carboxylic acids is 1. The van der Waals surface area contributed by atoms with E-state index in [0.29, 0.717) is 0 Å². The molecule has 0 saturated carbocycles. The van der Waals surface area contributed by atoms with E-state index < -0.39 is 13.1 Å². The summed E-state index contributed by atoms with van der Waals surface area (Å²) in [6.45, 7) is 0. The molecule has 0 N–H and O–H groups in total. The van der Waals surface area contributed by atoms with Gasteiger partial charge in [-0.25, -0.2) is 0 Å². The van der Waals surface area contributed by atoms with E-state index in [1.54, 1.807) is 11.9 Å². The van der Waals surface area contributed by atoms with Crippen LogP contribution in [0.15, 0.2) is 115 Å². The van der Waals surface area contributed by atoms with Gasteiger partial charge in [-0.1, -0.05) is 103 Å². The molecule has 0 spiro atoms. The van der Waals surface area contributed by atoms with Crippen molar-refractivity contribution in [3.8, 4) is 0 Å². The lowest BCUT2D eigenvalue weighted by molar-refractivity contribution is -0.119. The van der Waals surface area contributed by atoms with Gasteiger partial charge in [-0.05, 0) is 40.3 Å². The summed E-state index contributed by atoms with van der Waals surface area (Å²) in [5.74, 6) is -0.629. The molecular formula is C28H25INO2P. The topological polar surface area (TPSA) is 37.4 Å². The standard InChI is InChI=1S/C28H25INO2P/c1-30(27-20-12-11-19-26(27)29)28(31)25(22-13-5-2-6-14-22)21-33(32,23-15-7-3-8-16-23)24-17-9-4-10-18-24/h2-20,25H,21H2,1H3. The summed E-state index contributed by atoms with van der Waals surface area (Å²) in [6, 6.07) is 36.6. The number of benzene rings is 4. The van der Waals surface area contributed by atoms with E-state index in [9.17, 15) is 9.36 Å². The summed E-state index contributed by atoms with van der Waals surface area (Å²) in [7, 11) is -1.29.